The molecule has 0 amide bonds. The molecule has 0 aliphatic carbocycles. The number of nitrogen functional groups attached to an aromatic ring is 2. The summed E-state index contributed by atoms with van der Waals surface area (Å²) in [6.45, 7) is 0. The summed E-state index contributed by atoms with van der Waals surface area (Å²) in [5.74, 6) is 0. The third kappa shape index (κ3) is 2.17. The zero-order valence-corrected chi connectivity index (χ0v) is 8.48. The van der Waals surface area contributed by atoms with E-state index in [-0.39, 0.29) is 14.9 Å². The molecule has 0 saturated heterocycles. The summed E-state index contributed by atoms with van der Waals surface area (Å²) in [5, 5.41) is 0. The average molecular weight is 302 g/mol. The first kappa shape index (κ1) is 10.4. The summed E-state index contributed by atoms with van der Waals surface area (Å²) in [7, 11) is 0. The van der Waals surface area contributed by atoms with E-state index >= 15 is 0 Å². The van der Waals surface area contributed by atoms with Crippen molar-refractivity contribution in [3.05, 3.63) is 21.3 Å². The molecule has 0 atom stereocenters. The monoisotopic (exact) mass is 302 g/mol. The average Bonchev–Trinajstić information content (AvgIpc) is 1.94. The number of anilines is 2. The van der Waals surface area contributed by atoms with Crippen LogP contribution in [0.1, 0.15) is 5.56 Å². The van der Waals surface area contributed by atoms with Gasteiger partial charge in [0.1, 0.15) is 0 Å². The fourth-order valence-corrected chi connectivity index (χ4v) is 1.62. The van der Waals surface area contributed by atoms with Gasteiger partial charge in [-0.15, -0.1) is 0 Å². The highest BCUT2D eigenvalue weighted by molar-refractivity contribution is 14.1. The number of hydrogen-bond donors (Lipinski definition) is 2. The number of benzene rings is 1. The van der Waals surface area contributed by atoms with Gasteiger partial charge in [0, 0.05) is 3.57 Å². The molecule has 0 bridgehead atoms. The zero-order chi connectivity index (χ0) is 10.2. The molecule has 0 fully saturated rings. The molecule has 0 aromatic heterocycles. The van der Waals surface area contributed by atoms with E-state index in [0.29, 0.717) is 0 Å². The molecule has 1 aromatic carbocycles. The quantitative estimate of drug-likeness (QED) is 0.571. The molecule has 0 spiro atoms. The van der Waals surface area contributed by atoms with Crippen LogP contribution >= 0.6 is 22.6 Å². The van der Waals surface area contributed by atoms with Crippen molar-refractivity contribution in [1.29, 1.82) is 0 Å². The van der Waals surface area contributed by atoms with E-state index in [0.717, 1.165) is 6.07 Å². The zero-order valence-electron chi connectivity index (χ0n) is 6.32. The van der Waals surface area contributed by atoms with Crippen LogP contribution in [0, 0.1) is 3.57 Å². The van der Waals surface area contributed by atoms with Crippen molar-refractivity contribution in [2.75, 3.05) is 11.5 Å². The Bertz CT molecular complexity index is 335. The van der Waals surface area contributed by atoms with Gasteiger partial charge in [0.2, 0.25) is 0 Å². The second-order valence-corrected chi connectivity index (χ2v) is 3.62. The normalized spacial score (nSPS) is 11.7. The Morgan fingerprint density at radius 3 is 2.00 bits per heavy atom. The molecule has 0 radical (unpaired) electrons. The van der Waals surface area contributed by atoms with Gasteiger partial charge in [-0.25, -0.2) is 0 Å². The number of alkyl halides is 3. The van der Waals surface area contributed by atoms with Gasteiger partial charge in [0.25, 0.3) is 0 Å². The highest BCUT2D eigenvalue weighted by Crippen LogP contribution is 2.35. The topological polar surface area (TPSA) is 52.0 Å². The summed E-state index contributed by atoms with van der Waals surface area (Å²) >= 11 is 1.57. The third-order valence-corrected chi connectivity index (χ3v) is 2.37. The lowest BCUT2D eigenvalue weighted by Gasteiger charge is -2.11. The van der Waals surface area contributed by atoms with E-state index in [1.54, 1.807) is 22.6 Å². The number of hydrogen-bond acceptors (Lipinski definition) is 2. The van der Waals surface area contributed by atoms with E-state index in [1.807, 2.05) is 0 Å². The van der Waals surface area contributed by atoms with Crippen molar-refractivity contribution >= 4 is 34.0 Å². The van der Waals surface area contributed by atoms with E-state index in [1.165, 1.54) is 6.07 Å². The molecule has 0 heterocycles. The minimum absolute atomic E-state index is 0.0484. The molecular formula is C7H6F3IN2. The van der Waals surface area contributed by atoms with Crippen LogP contribution in [0.3, 0.4) is 0 Å². The predicted molar refractivity (Wildman–Crippen MR) is 53.0 cm³/mol. The van der Waals surface area contributed by atoms with Crippen molar-refractivity contribution in [3.8, 4) is 0 Å². The van der Waals surface area contributed by atoms with Crippen molar-refractivity contribution in [3.63, 3.8) is 0 Å². The molecule has 2 nitrogen and oxygen atoms in total. The van der Waals surface area contributed by atoms with Crippen LogP contribution in [0.5, 0.6) is 0 Å². The first-order valence-electron chi connectivity index (χ1n) is 3.24. The minimum Gasteiger partial charge on any atom is -0.397 e. The van der Waals surface area contributed by atoms with Gasteiger partial charge < -0.3 is 11.5 Å². The summed E-state index contributed by atoms with van der Waals surface area (Å²) in [5.41, 5.74) is 9.96. The molecule has 1 rings (SSSR count). The van der Waals surface area contributed by atoms with Gasteiger partial charge in [-0.2, -0.15) is 13.2 Å². The maximum atomic E-state index is 12.3. The molecule has 0 saturated carbocycles. The number of rotatable bonds is 0. The van der Waals surface area contributed by atoms with Crippen LogP contribution in [-0.2, 0) is 6.18 Å². The Kier molecular flexibility index (Phi) is 2.60. The summed E-state index contributed by atoms with van der Waals surface area (Å²) in [4.78, 5) is 0. The fraction of sp³-hybridized carbons (Fsp3) is 0.143. The van der Waals surface area contributed by atoms with Gasteiger partial charge in [0.15, 0.2) is 0 Å². The third-order valence-electron chi connectivity index (χ3n) is 1.48. The predicted octanol–water partition coefficient (Wildman–Crippen LogP) is 2.47. The molecule has 0 aliphatic heterocycles. The SMILES string of the molecule is Nc1cc(I)c(C(F)(F)F)cc1N. The van der Waals surface area contributed by atoms with E-state index in [2.05, 4.69) is 0 Å². The Labute approximate surface area is 86.2 Å². The largest absolute Gasteiger partial charge is 0.417 e. The van der Waals surface area contributed by atoms with Crippen LogP contribution in [0.15, 0.2) is 12.1 Å². The standard InChI is InChI=1S/C7H6F3IN2/c8-7(9,10)3-1-5(12)6(13)2-4(3)11/h1-2H,12-13H2. The second-order valence-electron chi connectivity index (χ2n) is 2.46. The lowest BCUT2D eigenvalue weighted by Crippen LogP contribution is -2.09. The molecule has 0 aliphatic rings. The van der Waals surface area contributed by atoms with E-state index in [4.69, 9.17) is 11.5 Å². The van der Waals surface area contributed by atoms with Gasteiger partial charge in [0.05, 0.1) is 16.9 Å². The lowest BCUT2D eigenvalue weighted by molar-refractivity contribution is -0.138. The van der Waals surface area contributed by atoms with Crippen LogP contribution < -0.4 is 11.5 Å². The Hall–Kier alpha value is -0.660. The van der Waals surface area contributed by atoms with Gasteiger partial charge in [-0.3, -0.25) is 0 Å². The first-order chi connectivity index (χ1) is 5.82. The second kappa shape index (κ2) is 3.24. The van der Waals surface area contributed by atoms with Crippen molar-refractivity contribution in [1.82, 2.24) is 0 Å². The minimum atomic E-state index is -4.38. The summed E-state index contributed by atoms with van der Waals surface area (Å²) in [6.07, 6.45) is -4.38. The van der Waals surface area contributed by atoms with Gasteiger partial charge in [-0.05, 0) is 34.7 Å². The molecule has 1 aromatic rings. The highest BCUT2D eigenvalue weighted by atomic mass is 127. The summed E-state index contributed by atoms with van der Waals surface area (Å²) < 4.78 is 36.8. The van der Waals surface area contributed by atoms with E-state index < -0.39 is 11.7 Å². The maximum Gasteiger partial charge on any atom is 0.417 e. The highest BCUT2D eigenvalue weighted by Gasteiger charge is 2.33. The Morgan fingerprint density at radius 2 is 1.54 bits per heavy atom. The van der Waals surface area contributed by atoms with Crippen LogP contribution in [0.25, 0.3) is 0 Å². The summed E-state index contributed by atoms with van der Waals surface area (Å²) in [6, 6.07) is 2.05. The van der Waals surface area contributed by atoms with Gasteiger partial charge >= 0.3 is 6.18 Å². The van der Waals surface area contributed by atoms with Crippen LogP contribution in [0.2, 0.25) is 0 Å². The molecule has 72 valence electrons. The Balaban J connectivity index is 3.32. The molecule has 13 heavy (non-hydrogen) atoms. The van der Waals surface area contributed by atoms with Crippen molar-refractivity contribution < 1.29 is 13.2 Å². The molecule has 6 heteroatoms. The smallest absolute Gasteiger partial charge is 0.397 e. The molecule has 0 unspecified atom stereocenters. The van der Waals surface area contributed by atoms with Crippen molar-refractivity contribution in [2.45, 2.75) is 6.18 Å². The van der Waals surface area contributed by atoms with Gasteiger partial charge in [-0.1, -0.05) is 0 Å². The van der Waals surface area contributed by atoms with Crippen LogP contribution in [0.4, 0.5) is 24.5 Å². The number of halogens is 4. The molecular weight excluding hydrogens is 296 g/mol. The fourth-order valence-electron chi connectivity index (χ4n) is 0.823. The van der Waals surface area contributed by atoms with E-state index in [9.17, 15) is 13.2 Å². The maximum absolute atomic E-state index is 12.3. The number of nitrogens with two attached hydrogens (primary N) is 2. The van der Waals surface area contributed by atoms with Crippen LogP contribution in [-0.4, -0.2) is 0 Å². The van der Waals surface area contributed by atoms with Crippen molar-refractivity contribution in [2.24, 2.45) is 0 Å². The first-order valence-corrected chi connectivity index (χ1v) is 4.32. The lowest BCUT2D eigenvalue weighted by atomic mass is 10.2. The Morgan fingerprint density at radius 1 is 1.08 bits per heavy atom. The molecule has 4 N–H and O–H groups in total.